The number of rotatable bonds is 16. The van der Waals surface area contributed by atoms with Crippen molar-refractivity contribution in [3.05, 3.63) is 0 Å². The molecule has 12 heteroatoms. The van der Waals surface area contributed by atoms with E-state index in [1.165, 1.54) is 12.0 Å². The summed E-state index contributed by atoms with van der Waals surface area (Å²) in [7, 11) is 1.47. The second-order valence-electron chi connectivity index (χ2n) is 6.70. The van der Waals surface area contributed by atoms with E-state index in [1.807, 2.05) is 0 Å². The van der Waals surface area contributed by atoms with Crippen molar-refractivity contribution in [3.8, 4) is 0 Å². The lowest BCUT2D eigenvalue weighted by Gasteiger charge is -2.33. The van der Waals surface area contributed by atoms with Crippen LogP contribution in [-0.2, 0) is 4.74 Å². The largest absolute Gasteiger partial charge is 0.394 e. The summed E-state index contributed by atoms with van der Waals surface area (Å²) in [6.07, 6.45) is -13.2. The van der Waals surface area contributed by atoms with Crippen LogP contribution in [0.2, 0.25) is 0 Å². The lowest BCUT2D eigenvalue weighted by molar-refractivity contribution is -0.130. The van der Waals surface area contributed by atoms with Gasteiger partial charge in [-0.1, -0.05) is 0 Å². The first kappa shape index (κ1) is 27.5. The monoisotopic (exact) mass is 417 g/mol. The maximum atomic E-state index is 10.1. The van der Waals surface area contributed by atoms with Gasteiger partial charge in [0.1, 0.15) is 36.6 Å². The van der Waals surface area contributed by atoms with E-state index in [0.29, 0.717) is 13.0 Å². The van der Waals surface area contributed by atoms with Crippen molar-refractivity contribution in [1.82, 2.24) is 4.90 Å². The Morgan fingerprint density at radius 3 is 1.32 bits per heavy atom. The van der Waals surface area contributed by atoms with Crippen molar-refractivity contribution in [2.45, 2.75) is 55.3 Å². The summed E-state index contributed by atoms with van der Waals surface area (Å²) in [5.74, 6) is 0. The molecular weight excluding hydrogens is 382 g/mol. The van der Waals surface area contributed by atoms with Crippen LogP contribution in [0.1, 0.15) is 6.42 Å². The van der Waals surface area contributed by atoms with Gasteiger partial charge in [0.2, 0.25) is 0 Å². The number of aliphatic hydroxyl groups is 10. The van der Waals surface area contributed by atoms with Crippen molar-refractivity contribution in [1.29, 1.82) is 0 Å². The van der Waals surface area contributed by atoms with Crippen LogP contribution in [0, 0.1) is 0 Å². The Kier molecular flexibility index (Phi) is 14.2. The highest BCUT2D eigenvalue weighted by Crippen LogP contribution is 2.11. The van der Waals surface area contributed by atoms with E-state index in [2.05, 4.69) is 0 Å². The minimum Gasteiger partial charge on any atom is -0.394 e. The molecule has 0 aliphatic heterocycles. The van der Waals surface area contributed by atoms with Crippen LogP contribution in [0.15, 0.2) is 0 Å². The van der Waals surface area contributed by atoms with Gasteiger partial charge in [0, 0.05) is 33.4 Å². The molecular formula is C16H35NO11. The van der Waals surface area contributed by atoms with E-state index >= 15 is 0 Å². The molecule has 0 aromatic heterocycles. The number of aliphatic hydroxyl groups excluding tert-OH is 10. The van der Waals surface area contributed by atoms with E-state index in [4.69, 9.17) is 14.9 Å². The Labute approximate surface area is 163 Å². The Bertz CT molecular complexity index is 362. The van der Waals surface area contributed by atoms with Gasteiger partial charge in [-0.05, 0) is 6.42 Å². The summed E-state index contributed by atoms with van der Waals surface area (Å²) in [4.78, 5) is 1.41. The second kappa shape index (κ2) is 14.5. The van der Waals surface area contributed by atoms with E-state index < -0.39 is 62.0 Å². The molecule has 0 amide bonds. The molecule has 10 N–H and O–H groups in total. The summed E-state index contributed by atoms with van der Waals surface area (Å²) >= 11 is 0. The predicted octanol–water partition coefficient (Wildman–Crippen LogP) is -5.80. The molecule has 0 saturated heterocycles. The maximum Gasteiger partial charge on any atom is 0.111 e. The van der Waals surface area contributed by atoms with E-state index in [-0.39, 0.29) is 19.6 Å². The molecule has 28 heavy (non-hydrogen) atoms. The van der Waals surface area contributed by atoms with E-state index in [1.54, 1.807) is 0 Å². The van der Waals surface area contributed by atoms with Gasteiger partial charge in [-0.25, -0.2) is 0 Å². The van der Waals surface area contributed by atoms with E-state index in [0.717, 1.165) is 0 Å². The molecule has 8 atom stereocenters. The molecule has 0 radical (unpaired) electrons. The Morgan fingerprint density at radius 2 is 1.00 bits per heavy atom. The second-order valence-corrected chi connectivity index (χ2v) is 6.70. The third kappa shape index (κ3) is 9.35. The van der Waals surface area contributed by atoms with Crippen LogP contribution in [0.3, 0.4) is 0 Å². The average Bonchev–Trinajstić information content (AvgIpc) is 2.69. The minimum absolute atomic E-state index is 0.235. The average molecular weight is 417 g/mol. The van der Waals surface area contributed by atoms with Crippen LogP contribution >= 0.6 is 0 Å². The normalized spacial score (nSPS) is 21.0. The summed E-state index contributed by atoms with van der Waals surface area (Å²) in [6.45, 7) is -1.65. The molecule has 0 saturated carbocycles. The van der Waals surface area contributed by atoms with Gasteiger partial charge in [0.15, 0.2) is 0 Å². The van der Waals surface area contributed by atoms with Crippen molar-refractivity contribution in [3.63, 3.8) is 0 Å². The predicted molar refractivity (Wildman–Crippen MR) is 95.2 cm³/mol. The van der Waals surface area contributed by atoms with Gasteiger partial charge in [-0.15, -0.1) is 0 Å². The molecule has 0 aromatic rings. The molecule has 0 aliphatic rings. The summed E-state index contributed by atoms with van der Waals surface area (Å²) in [6, 6.07) is 0. The molecule has 0 aromatic carbocycles. The molecule has 0 fully saturated rings. The zero-order valence-corrected chi connectivity index (χ0v) is 15.9. The third-order valence-electron chi connectivity index (χ3n) is 4.36. The number of hydrogen-bond acceptors (Lipinski definition) is 12. The molecule has 0 bridgehead atoms. The lowest BCUT2D eigenvalue weighted by atomic mass is 10.0. The molecule has 0 rings (SSSR count). The van der Waals surface area contributed by atoms with Gasteiger partial charge in [0.05, 0.1) is 25.4 Å². The maximum absolute atomic E-state index is 10.1. The Balaban J connectivity index is 4.96. The molecule has 170 valence electrons. The van der Waals surface area contributed by atoms with Crippen molar-refractivity contribution < 1.29 is 55.8 Å². The van der Waals surface area contributed by atoms with Crippen molar-refractivity contribution in [2.24, 2.45) is 0 Å². The molecule has 0 heterocycles. The molecule has 0 unspecified atom stereocenters. The summed E-state index contributed by atoms with van der Waals surface area (Å²) in [5.41, 5.74) is 0. The van der Waals surface area contributed by atoms with Gasteiger partial charge < -0.3 is 55.8 Å². The zero-order valence-electron chi connectivity index (χ0n) is 15.9. The first-order valence-electron chi connectivity index (χ1n) is 8.98. The lowest BCUT2D eigenvalue weighted by Crippen LogP contribution is -2.53. The van der Waals surface area contributed by atoms with Gasteiger partial charge in [0.25, 0.3) is 0 Å². The fraction of sp³-hybridized carbons (Fsp3) is 1.00. The summed E-state index contributed by atoms with van der Waals surface area (Å²) in [5, 5.41) is 95.7. The minimum atomic E-state index is -1.81. The van der Waals surface area contributed by atoms with E-state index in [9.17, 15) is 40.9 Å². The highest BCUT2D eigenvalue weighted by Gasteiger charge is 2.34. The van der Waals surface area contributed by atoms with Crippen LogP contribution < -0.4 is 0 Å². The Morgan fingerprint density at radius 1 is 0.643 bits per heavy atom. The number of ether oxygens (including phenoxy) is 1. The van der Waals surface area contributed by atoms with Gasteiger partial charge >= 0.3 is 0 Å². The fourth-order valence-corrected chi connectivity index (χ4v) is 2.56. The zero-order chi connectivity index (χ0) is 21.9. The van der Waals surface area contributed by atoms with Gasteiger partial charge in [-0.3, -0.25) is 4.90 Å². The number of nitrogens with zero attached hydrogens (tertiary/aromatic N) is 1. The van der Waals surface area contributed by atoms with Crippen LogP contribution in [0.4, 0.5) is 0 Å². The van der Waals surface area contributed by atoms with Gasteiger partial charge in [-0.2, -0.15) is 0 Å². The summed E-state index contributed by atoms with van der Waals surface area (Å²) < 4.78 is 4.91. The molecule has 0 aliphatic carbocycles. The molecule has 12 nitrogen and oxygen atoms in total. The standard InChI is InChI=1S/C16H35NO11/c1-28-4-2-3-17(5-9(20)13(24)15(26)11(22)7-18)6-10(21)14(25)16(27)12(23)8-19/h9-16,18-27H,2-8H2,1H3/t9-,10-,11+,12+,13+,14+,15+,16+/m0/s1. The van der Waals surface area contributed by atoms with Crippen molar-refractivity contribution >= 4 is 0 Å². The molecule has 0 spiro atoms. The van der Waals surface area contributed by atoms with Crippen LogP contribution in [0.25, 0.3) is 0 Å². The van der Waals surface area contributed by atoms with Crippen LogP contribution in [-0.4, -0.2) is 151 Å². The van der Waals surface area contributed by atoms with Crippen LogP contribution in [0.5, 0.6) is 0 Å². The third-order valence-corrected chi connectivity index (χ3v) is 4.36. The number of hydrogen-bond donors (Lipinski definition) is 10. The quantitative estimate of drug-likeness (QED) is 0.106. The highest BCUT2D eigenvalue weighted by molar-refractivity contribution is 4.86. The highest BCUT2D eigenvalue weighted by atomic mass is 16.5. The van der Waals surface area contributed by atoms with Crippen molar-refractivity contribution in [2.75, 3.05) is 46.6 Å². The number of methoxy groups -OCH3 is 1. The SMILES string of the molecule is COCCCN(C[C@H](O)[C@@H](O)[C@H](O)[C@H](O)CO)C[C@H](O)[C@@H](O)[C@H](O)[C@H](O)CO. The topological polar surface area (TPSA) is 215 Å². The smallest absolute Gasteiger partial charge is 0.111 e. The first-order valence-corrected chi connectivity index (χ1v) is 8.98. The first-order chi connectivity index (χ1) is 13.1. The fourth-order valence-electron chi connectivity index (χ4n) is 2.56. The Hall–Kier alpha value is -0.480.